The molecule has 0 amide bonds. The van der Waals surface area contributed by atoms with Crippen LogP contribution in [0.2, 0.25) is 0 Å². The van der Waals surface area contributed by atoms with Gasteiger partial charge in [0, 0.05) is 18.5 Å². The van der Waals surface area contributed by atoms with Crippen molar-refractivity contribution in [2.24, 2.45) is 5.41 Å². The standard InChI is InChI=1S/C22H29N7O5S2/c1-7-29(8-2)36(31,32)21-15(30)13(11-35-21)23-17-18(26-20-19(25-17)27-34-28-20)24-16(22(4,5)6)14-10-9-12(3)33-14/h9-11,16,30H,7-8H2,1-6H3,(H,23,25,27)(H,24,26,28)/t16-/m0/s1. The molecule has 4 aromatic heterocycles. The van der Waals surface area contributed by atoms with E-state index in [1.54, 1.807) is 13.8 Å². The molecule has 0 aliphatic rings. The lowest BCUT2D eigenvalue weighted by atomic mass is 9.85. The molecule has 0 aliphatic heterocycles. The van der Waals surface area contributed by atoms with Crippen molar-refractivity contribution in [3.63, 3.8) is 0 Å². The van der Waals surface area contributed by atoms with Crippen molar-refractivity contribution in [3.05, 3.63) is 29.0 Å². The molecule has 14 heteroatoms. The Morgan fingerprint density at radius 3 is 2.31 bits per heavy atom. The first-order chi connectivity index (χ1) is 17.0. The summed E-state index contributed by atoms with van der Waals surface area (Å²) in [5.41, 5.74) is 0.205. The van der Waals surface area contributed by atoms with Crippen molar-refractivity contribution < 1.29 is 22.6 Å². The van der Waals surface area contributed by atoms with E-state index >= 15 is 0 Å². The fraction of sp³-hybridized carbons (Fsp3) is 0.455. The molecule has 0 radical (unpaired) electrons. The number of thiophene rings is 1. The number of aromatic nitrogens is 4. The zero-order valence-corrected chi connectivity index (χ0v) is 22.5. The van der Waals surface area contributed by atoms with Crippen molar-refractivity contribution in [1.82, 2.24) is 24.6 Å². The molecule has 0 aromatic carbocycles. The molecule has 0 saturated carbocycles. The average Bonchev–Trinajstić information content (AvgIpc) is 3.52. The van der Waals surface area contributed by atoms with Crippen molar-refractivity contribution in [1.29, 1.82) is 0 Å². The Hall–Kier alpha value is -3.23. The number of nitrogens with one attached hydrogen (secondary N) is 2. The topological polar surface area (TPSA) is 160 Å². The van der Waals surface area contributed by atoms with Gasteiger partial charge in [0.25, 0.3) is 10.0 Å². The number of aryl methyl sites for hydroxylation is 1. The number of fused-ring (bicyclic) bond motifs is 1. The third-order valence-corrected chi connectivity index (χ3v) is 9.11. The highest BCUT2D eigenvalue weighted by Gasteiger charge is 2.32. The number of aromatic hydroxyl groups is 1. The minimum absolute atomic E-state index is 0.148. The van der Waals surface area contributed by atoms with Crippen LogP contribution in [0.15, 0.2) is 30.8 Å². The highest BCUT2D eigenvalue weighted by Crippen LogP contribution is 2.42. The van der Waals surface area contributed by atoms with Gasteiger partial charge in [-0.3, -0.25) is 0 Å². The van der Waals surface area contributed by atoms with Gasteiger partial charge < -0.3 is 20.2 Å². The van der Waals surface area contributed by atoms with Gasteiger partial charge in [-0.25, -0.2) is 23.0 Å². The van der Waals surface area contributed by atoms with E-state index in [-0.39, 0.29) is 51.6 Å². The summed E-state index contributed by atoms with van der Waals surface area (Å²) in [4.78, 5) is 8.95. The second-order valence-corrected chi connectivity index (χ2v) is 12.2. The second-order valence-electron chi connectivity index (χ2n) is 9.22. The van der Waals surface area contributed by atoms with Crippen LogP contribution in [0.25, 0.3) is 11.3 Å². The summed E-state index contributed by atoms with van der Waals surface area (Å²) in [6, 6.07) is 3.46. The molecule has 0 spiro atoms. The maximum atomic E-state index is 13.0. The number of nitrogens with zero attached hydrogens (tertiary/aromatic N) is 5. The molecular formula is C22H29N7O5S2. The number of hydrogen-bond donors (Lipinski definition) is 3. The van der Waals surface area contributed by atoms with E-state index in [9.17, 15) is 13.5 Å². The lowest BCUT2D eigenvalue weighted by Gasteiger charge is -2.30. The quantitative estimate of drug-likeness (QED) is 0.273. The Bertz CT molecular complexity index is 1470. The van der Waals surface area contributed by atoms with Gasteiger partial charge in [0.15, 0.2) is 21.6 Å². The van der Waals surface area contributed by atoms with Crippen molar-refractivity contribution in [2.45, 2.75) is 51.8 Å². The molecule has 4 aromatic rings. The Labute approximate surface area is 212 Å². The summed E-state index contributed by atoms with van der Waals surface area (Å²) in [6.45, 7) is 12.1. The molecule has 194 valence electrons. The molecule has 36 heavy (non-hydrogen) atoms. The molecule has 0 fully saturated rings. The van der Waals surface area contributed by atoms with E-state index in [0.717, 1.165) is 17.1 Å². The van der Waals surface area contributed by atoms with E-state index in [2.05, 4.69) is 30.9 Å². The fourth-order valence-electron chi connectivity index (χ4n) is 3.70. The van der Waals surface area contributed by atoms with Gasteiger partial charge in [0.1, 0.15) is 11.5 Å². The molecule has 12 nitrogen and oxygen atoms in total. The first-order valence-electron chi connectivity index (χ1n) is 11.4. The summed E-state index contributed by atoms with van der Waals surface area (Å²) in [6.07, 6.45) is 0. The Kier molecular flexibility index (Phi) is 6.94. The minimum Gasteiger partial charge on any atom is -0.504 e. The normalized spacial score (nSPS) is 13.4. The fourth-order valence-corrected chi connectivity index (χ4v) is 6.53. The van der Waals surface area contributed by atoms with Gasteiger partial charge in [-0.2, -0.15) is 4.31 Å². The van der Waals surface area contributed by atoms with Crippen LogP contribution in [0.1, 0.15) is 52.2 Å². The van der Waals surface area contributed by atoms with Crippen molar-refractivity contribution >= 4 is 50.0 Å². The summed E-state index contributed by atoms with van der Waals surface area (Å²) in [5.74, 6) is 1.58. The lowest BCUT2D eigenvalue weighted by molar-refractivity contribution is 0.300. The van der Waals surface area contributed by atoms with E-state index in [1.807, 2.05) is 39.8 Å². The molecule has 1 atom stereocenters. The number of sulfonamides is 1. The molecule has 0 bridgehead atoms. The zero-order chi connectivity index (χ0) is 26.3. The van der Waals surface area contributed by atoms with E-state index < -0.39 is 15.8 Å². The van der Waals surface area contributed by atoms with Gasteiger partial charge in [-0.15, -0.1) is 11.3 Å². The first kappa shape index (κ1) is 25.9. The molecule has 0 saturated heterocycles. The first-order valence-corrected chi connectivity index (χ1v) is 13.7. The molecule has 4 heterocycles. The molecular weight excluding hydrogens is 506 g/mol. The number of hydrogen-bond acceptors (Lipinski definition) is 12. The highest BCUT2D eigenvalue weighted by atomic mass is 32.2. The predicted octanol–water partition coefficient (Wildman–Crippen LogP) is 4.65. The molecule has 3 N–H and O–H groups in total. The van der Waals surface area contributed by atoms with Gasteiger partial charge in [-0.1, -0.05) is 34.6 Å². The zero-order valence-electron chi connectivity index (χ0n) is 20.9. The van der Waals surface area contributed by atoms with Crippen LogP contribution >= 0.6 is 11.3 Å². The SMILES string of the molecule is CCN(CC)S(=O)(=O)c1scc(Nc2nc3nonc3nc2N[C@@H](c2ccc(C)o2)C(C)(C)C)c1O. The van der Waals surface area contributed by atoms with E-state index in [0.29, 0.717) is 11.6 Å². The number of anilines is 3. The third-order valence-electron chi connectivity index (χ3n) is 5.57. The van der Waals surface area contributed by atoms with Gasteiger partial charge in [-0.05, 0) is 34.8 Å². The molecule has 0 unspecified atom stereocenters. The van der Waals surface area contributed by atoms with Crippen LogP contribution in [0.5, 0.6) is 5.75 Å². The van der Waals surface area contributed by atoms with Crippen molar-refractivity contribution in [2.75, 3.05) is 23.7 Å². The van der Waals surface area contributed by atoms with Crippen LogP contribution in [0, 0.1) is 12.3 Å². The van der Waals surface area contributed by atoms with Crippen LogP contribution in [-0.4, -0.2) is 51.2 Å². The number of rotatable bonds is 9. The summed E-state index contributed by atoms with van der Waals surface area (Å²) in [5, 5.41) is 26.3. The monoisotopic (exact) mass is 535 g/mol. The summed E-state index contributed by atoms with van der Waals surface area (Å²) < 4.78 is 37.7. The Morgan fingerprint density at radius 2 is 1.75 bits per heavy atom. The number of furan rings is 1. The predicted molar refractivity (Wildman–Crippen MR) is 136 cm³/mol. The maximum absolute atomic E-state index is 13.0. The second kappa shape index (κ2) is 9.67. The summed E-state index contributed by atoms with van der Waals surface area (Å²) >= 11 is 0.918. The lowest BCUT2D eigenvalue weighted by Crippen LogP contribution is -2.30. The van der Waals surface area contributed by atoms with Crippen molar-refractivity contribution in [3.8, 4) is 5.75 Å². The van der Waals surface area contributed by atoms with Crippen LogP contribution in [0.4, 0.5) is 17.3 Å². The largest absolute Gasteiger partial charge is 0.504 e. The van der Waals surface area contributed by atoms with Gasteiger partial charge in [0.2, 0.25) is 11.3 Å². The Balaban J connectivity index is 1.75. The highest BCUT2D eigenvalue weighted by molar-refractivity contribution is 7.91. The van der Waals surface area contributed by atoms with E-state index in [1.165, 1.54) is 9.69 Å². The minimum atomic E-state index is -3.85. The van der Waals surface area contributed by atoms with Crippen LogP contribution in [-0.2, 0) is 10.0 Å². The van der Waals surface area contributed by atoms with Gasteiger partial charge in [0.05, 0.1) is 11.7 Å². The summed E-state index contributed by atoms with van der Waals surface area (Å²) in [7, 11) is -3.85. The Morgan fingerprint density at radius 1 is 1.11 bits per heavy atom. The van der Waals surface area contributed by atoms with Crippen LogP contribution in [0.3, 0.4) is 0 Å². The van der Waals surface area contributed by atoms with E-state index in [4.69, 9.17) is 9.05 Å². The molecule has 0 aliphatic carbocycles. The maximum Gasteiger partial charge on any atom is 0.256 e. The average molecular weight is 536 g/mol. The van der Waals surface area contributed by atoms with Crippen LogP contribution < -0.4 is 10.6 Å². The smallest absolute Gasteiger partial charge is 0.256 e. The molecule has 4 rings (SSSR count). The van der Waals surface area contributed by atoms with Gasteiger partial charge >= 0.3 is 0 Å². The third kappa shape index (κ3) is 4.88.